The second-order valence-corrected chi connectivity index (χ2v) is 4.10. The van der Waals surface area contributed by atoms with E-state index in [1.165, 1.54) is 19.3 Å². The van der Waals surface area contributed by atoms with E-state index >= 15 is 0 Å². The molecule has 0 aromatic rings. The van der Waals surface area contributed by atoms with Crippen LogP contribution in [0.4, 0.5) is 0 Å². The Morgan fingerprint density at radius 2 is 2.36 bits per heavy atom. The largest absolute Gasteiger partial charge is 0.411 e. The molecule has 1 rings (SSSR count). The lowest BCUT2D eigenvalue weighted by molar-refractivity contribution is 0.313. The van der Waals surface area contributed by atoms with Gasteiger partial charge in [-0.15, -0.1) is 0 Å². The summed E-state index contributed by atoms with van der Waals surface area (Å²) in [6.45, 7) is 3.29. The maximum absolute atomic E-state index is 8.74. The zero-order valence-electron chi connectivity index (χ0n) is 9.13. The molecule has 0 aromatic heterocycles. The standard InChI is InChI=1S/C11H22N2O/c1-2-3-5-10-7-8-11(13-14)6-4-9-12-10/h10,12,14H,2-9H2,1H3. The summed E-state index contributed by atoms with van der Waals surface area (Å²) in [5.74, 6) is 0. The van der Waals surface area contributed by atoms with E-state index in [9.17, 15) is 0 Å². The quantitative estimate of drug-likeness (QED) is 0.540. The summed E-state index contributed by atoms with van der Waals surface area (Å²) in [4.78, 5) is 0. The van der Waals surface area contributed by atoms with Crippen LogP contribution in [0.5, 0.6) is 0 Å². The van der Waals surface area contributed by atoms with Crippen molar-refractivity contribution in [1.29, 1.82) is 0 Å². The zero-order chi connectivity index (χ0) is 10.2. The molecule has 1 heterocycles. The molecule has 1 aliphatic heterocycles. The highest BCUT2D eigenvalue weighted by Crippen LogP contribution is 2.12. The van der Waals surface area contributed by atoms with Crippen LogP contribution < -0.4 is 5.32 Å². The first-order chi connectivity index (χ1) is 6.86. The van der Waals surface area contributed by atoms with Gasteiger partial charge in [0.25, 0.3) is 0 Å². The first-order valence-corrected chi connectivity index (χ1v) is 5.80. The van der Waals surface area contributed by atoms with Gasteiger partial charge >= 0.3 is 0 Å². The number of hydrogen-bond acceptors (Lipinski definition) is 3. The van der Waals surface area contributed by atoms with Gasteiger partial charge in [0.2, 0.25) is 0 Å². The molecule has 0 aromatic carbocycles. The fourth-order valence-corrected chi connectivity index (χ4v) is 1.96. The molecular weight excluding hydrogens is 176 g/mol. The highest BCUT2D eigenvalue weighted by molar-refractivity contribution is 5.83. The third kappa shape index (κ3) is 4.09. The van der Waals surface area contributed by atoms with Crippen molar-refractivity contribution in [2.75, 3.05) is 6.54 Å². The van der Waals surface area contributed by atoms with Crippen LogP contribution >= 0.6 is 0 Å². The van der Waals surface area contributed by atoms with Crippen LogP contribution in [0.25, 0.3) is 0 Å². The highest BCUT2D eigenvalue weighted by atomic mass is 16.4. The first kappa shape index (κ1) is 11.5. The van der Waals surface area contributed by atoms with Crippen molar-refractivity contribution in [2.24, 2.45) is 5.16 Å². The van der Waals surface area contributed by atoms with E-state index < -0.39 is 0 Å². The lowest BCUT2D eigenvalue weighted by Crippen LogP contribution is -2.32. The van der Waals surface area contributed by atoms with Gasteiger partial charge in [0.05, 0.1) is 5.71 Å². The second kappa shape index (κ2) is 6.82. The number of rotatable bonds is 3. The molecule has 14 heavy (non-hydrogen) atoms. The summed E-state index contributed by atoms with van der Waals surface area (Å²) in [7, 11) is 0. The summed E-state index contributed by atoms with van der Waals surface area (Å²) < 4.78 is 0. The lowest BCUT2D eigenvalue weighted by Gasteiger charge is -2.21. The Morgan fingerprint density at radius 3 is 3.07 bits per heavy atom. The van der Waals surface area contributed by atoms with E-state index in [4.69, 9.17) is 5.21 Å². The van der Waals surface area contributed by atoms with Crippen molar-refractivity contribution in [3.8, 4) is 0 Å². The monoisotopic (exact) mass is 198 g/mol. The summed E-state index contributed by atoms with van der Waals surface area (Å²) in [6.07, 6.45) is 7.95. The van der Waals surface area contributed by atoms with E-state index in [1.54, 1.807) is 0 Å². The molecule has 0 amide bonds. The Kier molecular flexibility index (Phi) is 5.60. The van der Waals surface area contributed by atoms with Crippen LogP contribution in [0.1, 0.15) is 51.9 Å². The Morgan fingerprint density at radius 1 is 1.50 bits per heavy atom. The molecule has 0 spiro atoms. The van der Waals surface area contributed by atoms with Crippen LogP contribution in [-0.4, -0.2) is 23.5 Å². The Labute approximate surface area is 86.6 Å². The van der Waals surface area contributed by atoms with Gasteiger partial charge in [-0.05, 0) is 38.6 Å². The molecule has 1 unspecified atom stereocenters. The third-order valence-corrected chi connectivity index (χ3v) is 2.90. The highest BCUT2D eigenvalue weighted by Gasteiger charge is 2.12. The van der Waals surface area contributed by atoms with Crippen LogP contribution in [0.15, 0.2) is 5.16 Å². The molecule has 1 saturated heterocycles. The molecule has 0 aliphatic carbocycles. The van der Waals surface area contributed by atoms with E-state index in [1.807, 2.05) is 0 Å². The van der Waals surface area contributed by atoms with Gasteiger partial charge in [0.1, 0.15) is 0 Å². The summed E-state index contributed by atoms with van der Waals surface area (Å²) in [5, 5.41) is 15.7. The molecule has 0 radical (unpaired) electrons. The average molecular weight is 198 g/mol. The fourth-order valence-electron chi connectivity index (χ4n) is 1.96. The molecule has 1 fully saturated rings. The second-order valence-electron chi connectivity index (χ2n) is 4.10. The van der Waals surface area contributed by atoms with E-state index in [0.29, 0.717) is 6.04 Å². The Bertz CT molecular complexity index is 178. The summed E-state index contributed by atoms with van der Waals surface area (Å²) in [6, 6.07) is 0.631. The third-order valence-electron chi connectivity index (χ3n) is 2.90. The molecule has 0 bridgehead atoms. The van der Waals surface area contributed by atoms with Gasteiger partial charge in [0.15, 0.2) is 0 Å². The predicted molar refractivity (Wildman–Crippen MR) is 59.0 cm³/mol. The number of unbranched alkanes of at least 4 members (excludes halogenated alkanes) is 1. The molecule has 82 valence electrons. The van der Waals surface area contributed by atoms with Gasteiger partial charge in [-0.25, -0.2) is 0 Å². The van der Waals surface area contributed by atoms with Crippen molar-refractivity contribution < 1.29 is 5.21 Å². The minimum atomic E-state index is 0.631. The molecular formula is C11H22N2O. The average Bonchev–Trinajstić information content (AvgIpc) is 2.17. The number of hydrogen-bond donors (Lipinski definition) is 2. The van der Waals surface area contributed by atoms with Gasteiger partial charge in [-0.1, -0.05) is 24.9 Å². The van der Waals surface area contributed by atoms with Gasteiger partial charge in [0, 0.05) is 6.04 Å². The van der Waals surface area contributed by atoms with Crippen molar-refractivity contribution in [3.05, 3.63) is 0 Å². The smallest absolute Gasteiger partial charge is 0.0571 e. The normalized spacial score (nSPS) is 27.2. The van der Waals surface area contributed by atoms with Crippen LogP contribution in [0, 0.1) is 0 Å². The van der Waals surface area contributed by atoms with Gasteiger partial charge < -0.3 is 10.5 Å². The van der Waals surface area contributed by atoms with Crippen LogP contribution in [0.3, 0.4) is 0 Å². The molecule has 3 heteroatoms. The lowest BCUT2D eigenvalue weighted by atomic mass is 9.98. The molecule has 3 nitrogen and oxygen atoms in total. The maximum atomic E-state index is 8.74. The number of nitrogens with zero attached hydrogens (tertiary/aromatic N) is 1. The van der Waals surface area contributed by atoms with Gasteiger partial charge in [-0.3, -0.25) is 0 Å². The Balaban J connectivity index is 2.31. The van der Waals surface area contributed by atoms with Crippen molar-refractivity contribution >= 4 is 5.71 Å². The minimum absolute atomic E-state index is 0.631. The SMILES string of the molecule is CCCCC1CCC(=NO)CCCN1. The first-order valence-electron chi connectivity index (χ1n) is 5.80. The topological polar surface area (TPSA) is 44.6 Å². The molecule has 0 saturated carbocycles. The van der Waals surface area contributed by atoms with Crippen LogP contribution in [0.2, 0.25) is 0 Å². The number of nitrogens with one attached hydrogen (secondary N) is 1. The van der Waals surface area contributed by atoms with E-state index in [2.05, 4.69) is 17.4 Å². The van der Waals surface area contributed by atoms with Crippen molar-refractivity contribution in [1.82, 2.24) is 5.32 Å². The summed E-state index contributed by atoms with van der Waals surface area (Å²) >= 11 is 0. The zero-order valence-corrected chi connectivity index (χ0v) is 9.13. The van der Waals surface area contributed by atoms with Crippen molar-refractivity contribution in [3.63, 3.8) is 0 Å². The summed E-state index contributed by atoms with van der Waals surface area (Å²) in [5.41, 5.74) is 0.980. The predicted octanol–water partition coefficient (Wildman–Crippen LogP) is 2.54. The van der Waals surface area contributed by atoms with Gasteiger partial charge in [-0.2, -0.15) is 0 Å². The molecule has 1 atom stereocenters. The van der Waals surface area contributed by atoms with Crippen LogP contribution in [-0.2, 0) is 0 Å². The Hall–Kier alpha value is -0.570. The van der Waals surface area contributed by atoms with E-state index in [0.717, 1.165) is 37.9 Å². The fraction of sp³-hybridized carbons (Fsp3) is 0.909. The minimum Gasteiger partial charge on any atom is -0.411 e. The molecule has 1 aliphatic rings. The number of oxime groups is 1. The van der Waals surface area contributed by atoms with Crippen molar-refractivity contribution in [2.45, 2.75) is 57.9 Å². The molecule has 2 N–H and O–H groups in total. The maximum Gasteiger partial charge on any atom is 0.0571 e. The van der Waals surface area contributed by atoms with E-state index in [-0.39, 0.29) is 0 Å².